The van der Waals surface area contributed by atoms with Gasteiger partial charge in [0, 0.05) is 32.8 Å². The molecule has 1 saturated heterocycles. The Labute approximate surface area is 139 Å². The van der Waals surface area contributed by atoms with E-state index in [1.54, 1.807) is 6.92 Å². The lowest BCUT2D eigenvalue weighted by molar-refractivity contribution is -0.115. The quantitative estimate of drug-likeness (QED) is 0.620. The molecule has 1 amide bonds. The first-order chi connectivity index (χ1) is 11.3. The number of carbonyl (C=O) groups is 1. The Morgan fingerprint density at radius 3 is 2.74 bits per heavy atom. The molecule has 1 heterocycles. The molecule has 0 aromatic heterocycles. The molecule has 23 heavy (non-hydrogen) atoms. The summed E-state index contributed by atoms with van der Waals surface area (Å²) in [5.41, 5.74) is 1.37. The second-order valence-electron chi connectivity index (χ2n) is 5.82. The van der Waals surface area contributed by atoms with Crippen LogP contribution in [0, 0.1) is 11.8 Å². The minimum atomic E-state index is -0.207. The van der Waals surface area contributed by atoms with Crippen LogP contribution in [0.5, 0.6) is 0 Å². The van der Waals surface area contributed by atoms with Crippen LogP contribution in [-0.2, 0) is 16.1 Å². The van der Waals surface area contributed by atoms with E-state index in [9.17, 15) is 4.79 Å². The molecule has 0 bridgehead atoms. The van der Waals surface area contributed by atoms with E-state index in [0.29, 0.717) is 19.3 Å². The van der Waals surface area contributed by atoms with Gasteiger partial charge in [-0.15, -0.1) is 0 Å². The van der Waals surface area contributed by atoms with Gasteiger partial charge in [-0.05, 0) is 37.7 Å². The minimum Gasteiger partial charge on any atom is -0.378 e. The molecule has 0 spiro atoms. The number of nitrogens with one attached hydrogen (secondary N) is 1. The Hall–Kier alpha value is -1.83. The lowest BCUT2D eigenvalue weighted by Gasteiger charge is -2.32. The summed E-state index contributed by atoms with van der Waals surface area (Å²) in [6, 6.07) is 10.6. The number of benzene rings is 1. The lowest BCUT2D eigenvalue weighted by Crippen LogP contribution is -2.36. The third kappa shape index (κ3) is 6.85. The van der Waals surface area contributed by atoms with Crippen molar-refractivity contribution < 1.29 is 9.53 Å². The smallest absolute Gasteiger partial charge is 0.295 e. The summed E-state index contributed by atoms with van der Waals surface area (Å²) in [4.78, 5) is 13.6. The van der Waals surface area contributed by atoms with Crippen LogP contribution in [0.3, 0.4) is 0 Å². The maximum Gasteiger partial charge on any atom is 0.295 e. The maximum absolute atomic E-state index is 11.2. The second kappa shape index (κ2) is 10.0. The minimum absolute atomic E-state index is 0.207. The highest BCUT2D eigenvalue weighted by atomic mass is 16.5. The van der Waals surface area contributed by atoms with Gasteiger partial charge in [-0.25, -0.2) is 0 Å². The number of ether oxygens (including phenoxy) is 1. The largest absolute Gasteiger partial charge is 0.378 e. The van der Waals surface area contributed by atoms with E-state index in [4.69, 9.17) is 4.74 Å². The van der Waals surface area contributed by atoms with E-state index in [1.165, 1.54) is 5.56 Å². The van der Waals surface area contributed by atoms with E-state index in [0.717, 1.165) is 38.9 Å². The first-order valence-corrected chi connectivity index (χ1v) is 8.36. The van der Waals surface area contributed by atoms with Crippen LogP contribution in [0.1, 0.15) is 31.7 Å². The molecule has 4 heteroatoms. The fourth-order valence-electron chi connectivity index (χ4n) is 2.76. The van der Waals surface area contributed by atoms with Gasteiger partial charge in [0.05, 0.1) is 6.10 Å². The van der Waals surface area contributed by atoms with Gasteiger partial charge in [0.25, 0.3) is 5.91 Å². The summed E-state index contributed by atoms with van der Waals surface area (Å²) in [5, 5.41) is 2.75. The molecule has 0 aliphatic carbocycles. The molecule has 0 unspecified atom stereocenters. The van der Waals surface area contributed by atoms with Crippen molar-refractivity contribution in [1.29, 1.82) is 0 Å². The normalized spacial score (nSPS) is 15.7. The van der Waals surface area contributed by atoms with Crippen molar-refractivity contribution in [3.8, 4) is 11.8 Å². The molecule has 1 N–H and O–H groups in total. The van der Waals surface area contributed by atoms with Gasteiger partial charge in [-0.1, -0.05) is 36.3 Å². The highest BCUT2D eigenvalue weighted by molar-refractivity contribution is 5.93. The molecule has 1 aromatic carbocycles. The molecular formula is C19H26N2O2. The third-order valence-corrected chi connectivity index (χ3v) is 3.98. The molecular weight excluding hydrogens is 288 g/mol. The van der Waals surface area contributed by atoms with Gasteiger partial charge in [0.15, 0.2) is 0 Å². The fraction of sp³-hybridized carbons (Fsp3) is 0.526. The average molecular weight is 314 g/mol. The van der Waals surface area contributed by atoms with Gasteiger partial charge in [-0.2, -0.15) is 0 Å². The molecule has 0 saturated carbocycles. The third-order valence-electron chi connectivity index (χ3n) is 3.98. The molecule has 1 aliphatic rings. The monoisotopic (exact) mass is 314 g/mol. The van der Waals surface area contributed by atoms with E-state index in [2.05, 4.69) is 52.4 Å². The number of rotatable bonds is 7. The van der Waals surface area contributed by atoms with E-state index < -0.39 is 0 Å². The number of nitrogens with zero attached hydrogens (tertiary/aromatic N) is 1. The Balaban J connectivity index is 1.54. The number of piperidine rings is 1. The van der Waals surface area contributed by atoms with Gasteiger partial charge >= 0.3 is 0 Å². The van der Waals surface area contributed by atoms with Crippen LogP contribution < -0.4 is 5.32 Å². The van der Waals surface area contributed by atoms with Gasteiger partial charge < -0.3 is 10.1 Å². The van der Waals surface area contributed by atoms with E-state index in [1.807, 2.05) is 0 Å². The fourth-order valence-corrected chi connectivity index (χ4v) is 2.76. The van der Waals surface area contributed by atoms with Crippen molar-refractivity contribution in [2.75, 3.05) is 26.2 Å². The zero-order valence-electron chi connectivity index (χ0n) is 13.9. The van der Waals surface area contributed by atoms with Gasteiger partial charge in [0.2, 0.25) is 0 Å². The van der Waals surface area contributed by atoms with Crippen molar-refractivity contribution in [2.45, 2.75) is 38.8 Å². The first kappa shape index (κ1) is 17.5. The summed E-state index contributed by atoms with van der Waals surface area (Å²) in [6.07, 6.45) is 3.36. The summed E-state index contributed by atoms with van der Waals surface area (Å²) in [6.45, 7) is 6.18. The van der Waals surface area contributed by atoms with Crippen molar-refractivity contribution in [3.63, 3.8) is 0 Å². The molecule has 2 rings (SSSR count). The number of hydrogen-bond acceptors (Lipinski definition) is 3. The van der Waals surface area contributed by atoms with Crippen LogP contribution in [0.15, 0.2) is 30.3 Å². The molecule has 124 valence electrons. The van der Waals surface area contributed by atoms with Crippen molar-refractivity contribution in [3.05, 3.63) is 35.9 Å². The van der Waals surface area contributed by atoms with E-state index in [-0.39, 0.29) is 5.91 Å². The predicted octanol–water partition coefficient (Wildman–Crippen LogP) is 2.20. The van der Waals surface area contributed by atoms with Crippen LogP contribution in [0.2, 0.25) is 0 Å². The highest BCUT2D eigenvalue weighted by Gasteiger charge is 2.19. The maximum atomic E-state index is 11.2. The van der Waals surface area contributed by atoms with Gasteiger partial charge in [0.1, 0.15) is 0 Å². The molecule has 0 atom stereocenters. The predicted molar refractivity (Wildman–Crippen MR) is 91.8 cm³/mol. The van der Waals surface area contributed by atoms with Crippen molar-refractivity contribution in [1.82, 2.24) is 10.2 Å². The number of amides is 1. The average Bonchev–Trinajstić information content (AvgIpc) is 2.57. The summed E-state index contributed by atoms with van der Waals surface area (Å²) >= 11 is 0. The van der Waals surface area contributed by atoms with Crippen molar-refractivity contribution in [2.24, 2.45) is 0 Å². The number of carbonyl (C=O) groups excluding carboxylic acids is 1. The summed E-state index contributed by atoms with van der Waals surface area (Å²) < 4.78 is 5.91. The SMILES string of the molecule is CC#CC(=O)NCCCOC1CCN(Cc2ccccc2)CC1. The molecule has 1 fully saturated rings. The first-order valence-electron chi connectivity index (χ1n) is 8.36. The Bertz CT molecular complexity index is 525. The second-order valence-corrected chi connectivity index (χ2v) is 5.82. The van der Waals surface area contributed by atoms with Crippen LogP contribution in [0.4, 0.5) is 0 Å². The zero-order chi connectivity index (χ0) is 16.3. The number of hydrogen-bond donors (Lipinski definition) is 1. The van der Waals surface area contributed by atoms with Crippen LogP contribution in [-0.4, -0.2) is 43.2 Å². The number of likely N-dealkylation sites (tertiary alicyclic amines) is 1. The standard InChI is InChI=1S/C19H26N2O2/c1-2-7-19(22)20-12-6-15-23-18-10-13-21(14-11-18)16-17-8-4-3-5-9-17/h3-5,8-9,18H,6,10-16H2,1H3,(H,20,22). The Morgan fingerprint density at radius 2 is 2.04 bits per heavy atom. The lowest BCUT2D eigenvalue weighted by atomic mass is 10.1. The highest BCUT2D eigenvalue weighted by Crippen LogP contribution is 2.16. The van der Waals surface area contributed by atoms with Crippen LogP contribution in [0.25, 0.3) is 0 Å². The summed E-state index contributed by atoms with van der Waals surface area (Å²) in [5.74, 6) is 4.84. The van der Waals surface area contributed by atoms with E-state index >= 15 is 0 Å². The Kier molecular flexibility index (Phi) is 7.65. The molecule has 1 aromatic rings. The Morgan fingerprint density at radius 1 is 1.30 bits per heavy atom. The summed E-state index contributed by atoms with van der Waals surface area (Å²) in [7, 11) is 0. The molecule has 4 nitrogen and oxygen atoms in total. The zero-order valence-corrected chi connectivity index (χ0v) is 13.9. The van der Waals surface area contributed by atoms with Crippen molar-refractivity contribution >= 4 is 5.91 Å². The molecule has 1 aliphatic heterocycles. The van der Waals surface area contributed by atoms with Gasteiger partial charge in [-0.3, -0.25) is 9.69 Å². The van der Waals surface area contributed by atoms with Crippen LogP contribution >= 0.6 is 0 Å². The topological polar surface area (TPSA) is 41.6 Å². The molecule has 0 radical (unpaired) electrons.